The van der Waals surface area contributed by atoms with Crippen molar-refractivity contribution in [3.8, 4) is 0 Å². The molecule has 0 saturated carbocycles. The lowest BCUT2D eigenvalue weighted by atomic mass is 9.77. The molecule has 0 fully saturated rings. The molecule has 0 amide bonds. The molecule has 3 atom stereocenters. The van der Waals surface area contributed by atoms with Crippen molar-refractivity contribution in [2.45, 2.75) is 26.7 Å². The zero-order chi connectivity index (χ0) is 10.1. The van der Waals surface area contributed by atoms with Crippen LogP contribution in [0.4, 0.5) is 0 Å². The van der Waals surface area contributed by atoms with Crippen LogP contribution in [-0.4, -0.2) is 13.7 Å². The SMILES string of the molecule is COCC1C=CC2=C1C(C)CCC2C. The van der Waals surface area contributed by atoms with Crippen molar-refractivity contribution < 1.29 is 4.74 Å². The molecule has 2 aliphatic carbocycles. The number of hydrogen-bond donors (Lipinski definition) is 0. The second-order valence-corrected chi connectivity index (χ2v) is 4.71. The van der Waals surface area contributed by atoms with Crippen LogP contribution in [0.25, 0.3) is 0 Å². The maximum Gasteiger partial charge on any atom is 0.0562 e. The maximum absolute atomic E-state index is 5.27. The topological polar surface area (TPSA) is 9.23 Å². The van der Waals surface area contributed by atoms with Crippen molar-refractivity contribution in [2.24, 2.45) is 17.8 Å². The van der Waals surface area contributed by atoms with Crippen LogP contribution in [0, 0.1) is 17.8 Å². The molecule has 0 heterocycles. The molecular weight excluding hydrogens is 172 g/mol. The van der Waals surface area contributed by atoms with Gasteiger partial charge in [-0.1, -0.05) is 31.6 Å². The Bertz CT molecular complexity index is 275. The molecule has 3 unspecified atom stereocenters. The molecule has 1 nitrogen and oxygen atoms in total. The Balaban J connectivity index is 2.24. The fourth-order valence-corrected chi connectivity index (χ4v) is 2.87. The summed E-state index contributed by atoms with van der Waals surface area (Å²) in [5.41, 5.74) is 3.26. The first kappa shape index (κ1) is 9.97. The van der Waals surface area contributed by atoms with Crippen molar-refractivity contribution in [3.05, 3.63) is 23.3 Å². The smallest absolute Gasteiger partial charge is 0.0562 e. The summed E-state index contributed by atoms with van der Waals surface area (Å²) in [6.45, 7) is 5.56. The fourth-order valence-electron chi connectivity index (χ4n) is 2.87. The minimum absolute atomic E-state index is 0.563. The third-order valence-corrected chi connectivity index (χ3v) is 3.68. The quantitative estimate of drug-likeness (QED) is 0.653. The summed E-state index contributed by atoms with van der Waals surface area (Å²) in [5.74, 6) is 2.09. The molecule has 78 valence electrons. The molecule has 14 heavy (non-hydrogen) atoms. The lowest BCUT2D eigenvalue weighted by molar-refractivity contribution is 0.176. The second-order valence-electron chi connectivity index (χ2n) is 4.71. The Morgan fingerprint density at radius 2 is 2.00 bits per heavy atom. The molecule has 0 saturated heterocycles. The van der Waals surface area contributed by atoms with E-state index >= 15 is 0 Å². The van der Waals surface area contributed by atoms with Gasteiger partial charge < -0.3 is 4.74 Å². The van der Waals surface area contributed by atoms with E-state index in [9.17, 15) is 0 Å². The zero-order valence-corrected chi connectivity index (χ0v) is 9.42. The summed E-state index contributed by atoms with van der Waals surface area (Å²) >= 11 is 0. The highest BCUT2D eigenvalue weighted by Gasteiger charge is 2.30. The summed E-state index contributed by atoms with van der Waals surface area (Å²) < 4.78 is 5.27. The minimum atomic E-state index is 0.563. The van der Waals surface area contributed by atoms with Crippen molar-refractivity contribution in [1.29, 1.82) is 0 Å². The highest BCUT2D eigenvalue weighted by molar-refractivity contribution is 5.41. The highest BCUT2D eigenvalue weighted by Crippen LogP contribution is 2.42. The van der Waals surface area contributed by atoms with Crippen molar-refractivity contribution in [2.75, 3.05) is 13.7 Å². The van der Waals surface area contributed by atoms with Crippen molar-refractivity contribution in [3.63, 3.8) is 0 Å². The van der Waals surface area contributed by atoms with E-state index in [-0.39, 0.29) is 0 Å². The van der Waals surface area contributed by atoms with Gasteiger partial charge in [0.25, 0.3) is 0 Å². The third-order valence-electron chi connectivity index (χ3n) is 3.68. The number of ether oxygens (including phenoxy) is 1. The van der Waals surface area contributed by atoms with Gasteiger partial charge >= 0.3 is 0 Å². The zero-order valence-electron chi connectivity index (χ0n) is 9.42. The van der Waals surface area contributed by atoms with Gasteiger partial charge in [0.1, 0.15) is 0 Å². The number of rotatable bonds is 2. The van der Waals surface area contributed by atoms with Crippen LogP contribution < -0.4 is 0 Å². The lowest BCUT2D eigenvalue weighted by Gasteiger charge is -2.29. The van der Waals surface area contributed by atoms with Gasteiger partial charge in [-0.05, 0) is 30.3 Å². The minimum Gasteiger partial charge on any atom is -0.384 e. The van der Waals surface area contributed by atoms with Gasteiger partial charge in [-0.15, -0.1) is 0 Å². The Kier molecular flexibility index (Phi) is 2.78. The van der Waals surface area contributed by atoms with Crippen molar-refractivity contribution in [1.82, 2.24) is 0 Å². The van der Waals surface area contributed by atoms with E-state index in [2.05, 4.69) is 26.0 Å². The number of hydrogen-bond acceptors (Lipinski definition) is 1. The predicted octanol–water partition coefficient (Wildman–Crippen LogP) is 3.18. The van der Waals surface area contributed by atoms with E-state index in [0.717, 1.165) is 18.4 Å². The molecule has 0 bridgehead atoms. The van der Waals surface area contributed by atoms with Crippen LogP contribution in [0.15, 0.2) is 23.3 Å². The molecule has 0 aromatic carbocycles. The largest absolute Gasteiger partial charge is 0.384 e. The van der Waals surface area contributed by atoms with Gasteiger partial charge in [-0.3, -0.25) is 0 Å². The fraction of sp³-hybridized carbons (Fsp3) is 0.692. The maximum atomic E-state index is 5.27. The van der Waals surface area contributed by atoms with E-state index in [1.807, 2.05) is 0 Å². The predicted molar refractivity (Wildman–Crippen MR) is 59.1 cm³/mol. The molecule has 0 aromatic heterocycles. The lowest BCUT2D eigenvalue weighted by Crippen LogP contribution is -2.19. The van der Waals surface area contributed by atoms with E-state index in [4.69, 9.17) is 4.74 Å². The van der Waals surface area contributed by atoms with Gasteiger partial charge in [0.05, 0.1) is 6.61 Å². The molecule has 2 rings (SSSR count). The summed E-state index contributed by atoms with van der Waals surface area (Å²) in [7, 11) is 1.79. The van der Waals surface area contributed by atoms with Crippen LogP contribution in [0.2, 0.25) is 0 Å². The Morgan fingerprint density at radius 1 is 1.29 bits per heavy atom. The first-order chi connectivity index (χ1) is 6.74. The van der Waals surface area contributed by atoms with Gasteiger partial charge in [0, 0.05) is 13.0 Å². The highest BCUT2D eigenvalue weighted by atomic mass is 16.5. The van der Waals surface area contributed by atoms with Gasteiger partial charge in [-0.25, -0.2) is 0 Å². The molecule has 0 aromatic rings. The number of methoxy groups -OCH3 is 1. The molecule has 0 aliphatic heterocycles. The van der Waals surface area contributed by atoms with Gasteiger partial charge in [-0.2, -0.15) is 0 Å². The summed E-state index contributed by atoms with van der Waals surface area (Å²) in [6.07, 6.45) is 7.36. The monoisotopic (exact) mass is 192 g/mol. The van der Waals surface area contributed by atoms with Crippen LogP contribution in [0.5, 0.6) is 0 Å². The average molecular weight is 192 g/mol. The van der Waals surface area contributed by atoms with E-state index in [1.54, 1.807) is 18.3 Å². The van der Waals surface area contributed by atoms with Crippen molar-refractivity contribution >= 4 is 0 Å². The van der Waals surface area contributed by atoms with E-state index < -0.39 is 0 Å². The molecule has 0 spiro atoms. The Hall–Kier alpha value is -0.560. The summed E-state index contributed by atoms with van der Waals surface area (Å²) in [4.78, 5) is 0. The average Bonchev–Trinajstić information content (AvgIpc) is 2.58. The third kappa shape index (κ3) is 1.54. The van der Waals surface area contributed by atoms with E-state index in [1.165, 1.54) is 12.8 Å². The van der Waals surface area contributed by atoms with Crippen LogP contribution in [-0.2, 0) is 4.74 Å². The normalized spacial score (nSPS) is 36.4. The van der Waals surface area contributed by atoms with Gasteiger partial charge in [0.15, 0.2) is 0 Å². The summed E-state index contributed by atoms with van der Waals surface area (Å²) in [6, 6.07) is 0. The molecule has 1 heteroatoms. The Labute approximate surface area is 86.8 Å². The molecule has 0 N–H and O–H groups in total. The van der Waals surface area contributed by atoms with E-state index in [0.29, 0.717) is 5.92 Å². The van der Waals surface area contributed by atoms with Crippen LogP contribution in [0.1, 0.15) is 26.7 Å². The van der Waals surface area contributed by atoms with Crippen LogP contribution in [0.3, 0.4) is 0 Å². The molecule has 2 aliphatic rings. The molecule has 0 radical (unpaired) electrons. The first-order valence-electron chi connectivity index (χ1n) is 5.65. The number of allylic oxidation sites excluding steroid dienone is 2. The standard InChI is InChI=1S/C13H20O/c1-9-4-5-10(2)13-11(8-14-3)6-7-12(9)13/h6-7,9-11H,4-5,8H2,1-3H3. The molecular formula is C13H20O. The van der Waals surface area contributed by atoms with Crippen LogP contribution >= 0.6 is 0 Å². The first-order valence-corrected chi connectivity index (χ1v) is 5.65. The second kappa shape index (κ2) is 3.90. The summed E-state index contributed by atoms with van der Waals surface area (Å²) in [5, 5.41) is 0. The Morgan fingerprint density at radius 3 is 2.71 bits per heavy atom. The van der Waals surface area contributed by atoms with Gasteiger partial charge in [0.2, 0.25) is 0 Å².